The van der Waals surface area contributed by atoms with E-state index in [9.17, 15) is 0 Å². The van der Waals surface area contributed by atoms with Crippen LogP contribution in [0.2, 0.25) is 0 Å². The van der Waals surface area contributed by atoms with Crippen molar-refractivity contribution in [1.29, 1.82) is 0 Å². The quantitative estimate of drug-likeness (QED) is 0.856. The number of hydrogen-bond donors (Lipinski definition) is 1. The number of nitrogens with one attached hydrogen (secondary N) is 1. The van der Waals surface area contributed by atoms with Gasteiger partial charge in [0.25, 0.3) is 0 Å². The molecule has 3 nitrogen and oxygen atoms in total. The molecule has 1 fully saturated rings. The molecule has 1 saturated heterocycles. The Morgan fingerprint density at radius 2 is 2.25 bits per heavy atom. The van der Waals surface area contributed by atoms with E-state index in [4.69, 9.17) is 4.74 Å². The maximum atomic E-state index is 5.99. The van der Waals surface area contributed by atoms with E-state index in [1.807, 2.05) is 0 Å². The van der Waals surface area contributed by atoms with Gasteiger partial charge in [-0.25, -0.2) is 0 Å². The van der Waals surface area contributed by atoms with Crippen LogP contribution in [-0.2, 0) is 0 Å². The molecule has 1 atom stereocenters. The van der Waals surface area contributed by atoms with Gasteiger partial charge in [-0.3, -0.25) is 4.90 Å². The van der Waals surface area contributed by atoms with Gasteiger partial charge in [0.1, 0.15) is 6.10 Å². The van der Waals surface area contributed by atoms with Crippen molar-refractivity contribution in [2.45, 2.75) is 25.4 Å². The van der Waals surface area contributed by atoms with Crippen molar-refractivity contribution in [3.8, 4) is 5.06 Å². The lowest BCUT2D eigenvalue weighted by molar-refractivity contribution is 0.125. The van der Waals surface area contributed by atoms with E-state index in [1.54, 1.807) is 11.3 Å². The zero-order chi connectivity index (χ0) is 10.8. The second-order valence-electron chi connectivity index (χ2n) is 4.60. The summed E-state index contributed by atoms with van der Waals surface area (Å²) in [7, 11) is 0. The molecule has 0 radical (unpaired) electrons. The molecule has 0 bridgehead atoms. The third kappa shape index (κ3) is 2.18. The fourth-order valence-corrected chi connectivity index (χ4v) is 3.25. The zero-order valence-electron chi connectivity index (χ0n) is 9.45. The van der Waals surface area contributed by atoms with E-state index >= 15 is 0 Å². The Morgan fingerprint density at radius 1 is 1.38 bits per heavy atom. The van der Waals surface area contributed by atoms with E-state index in [0.29, 0.717) is 6.10 Å². The van der Waals surface area contributed by atoms with Crippen molar-refractivity contribution in [3.63, 3.8) is 0 Å². The molecule has 16 heavy (non-hydrogen) atoms. The van der Waals surface area contributed by atoms with Gasteiger partial charge in [-0.15, -0.1) is 11.3 Å². The SMILES string of the molecule is c1cc2c(s1)OC(CN1CCCCC1)CN2. The van der Waals surface area contributed by atoms with Gasteiger partial charge in [0, 0.05) is 6.54 Å². The number of piperidine rings is 1. The Balaban J connectivity index is 1.57. The van der Waals surface area contributed by atoms with Gasteiger partial charge in [0.15, 0.2) is 5.06 Å². The first-order valence-corrected chi connectivity index (χ1v) is 7.00. The molecule has 1 N–H and O–H groups in total. The fraction of sp³-hybridized carbons (Fsp3) is 0.667. The molecule has 1 unspecified atom stereocenters. The largest absolute Gasteiger partial charge is 0.476 e. The normalized spacial score (nSPS) is 25.6. The lowest BCUT2D eigenvalue weighted by Gasteiger charge is -2.32. The van der Waals surface area contributed by atoms with Crippen molar-refractivity contribution in [2.75, 3.05) is 31.5 Å². The molecule has 0 spiro atoms. The lowest BCUT2D eigenvalue weighted by atomic mass is 10.1. The van der Waals surface area contributed by atoms with Crippen LogP contribution in [-0.4, -0.2) is 37.2 Å². The lowest BCUT2D eigenvalue weighted by Crippen LogP contribution is -2.43. The van der Waals surface area contributed by atoms with Crippen molar-refractivity contribution in [1.82, 2.24) is 4.90 Å². The van der Waals surface area contributed by atoms with Crippen molar-refractivity contribution in [2.24, 2.45) is 0 Å². The van der Waals surface area contributed by atoms with Crippen LogP contribution < -0.4 is 10.1 Å². The zero-order valence-corrected chi connectivity index (χ0v) is 10.3. The number of nitrogens with zero attached hydrogens (tertiary/aromatic N) is 1. The van der Waals surface area contributed by atoms with Crippen LogP contribution in [0.25, 0.3) is 0 Å². The van der Waals surface area contributed by atoms with Crippen molar-refractivity contribution >= 4 is 17.0 Å². The van der Waals surface area contributed by atoms with Gasteiger partial charge in [0.05, 0.1) is 12.2 Å². The second-order valence-corrected chi connectivity index (χ2v) is 5.48. The minimum absolute atomic E-state index is 0.323. The van der Waals surface area contributed by atoms with Crippen LogP contribution in [0.5, 0.6) is 5.06 Å². The summed E-state index contributed by atoms with van der Waals surface area (Å²) in [6, 6.07) is 2.09. The smallest absolute Gasteiger partial charge is 0.197 e. The van der Waals surface area contributed by atoms with Crippen LogP contribution in [0.15, 0.2) is 11.4 Å². The highest BCUT2D eigenvalue weighted by molar-refractivity contribution is 7.12. The highest BCUT2D eigenvalue weighted by Crippen LogP contribution is 2.34. The molecule has 1 aromatic rings. The van der Waals surface area contributed by atoms with Gasteiger partial charge < -0.3 is 10.1 Å². The predicted octanol–water partition coefficient (Wildman–Crippen LogP) is 2.41. The first kappa shape index (κ1) is 10.4. The van der Waals surface area contributed by atoms with Gasteiger partial charge in [-0.05, 0) is 37.4 Å². The molecule has 0 aliphatic carbocycles. The molecule has 3 heterocycles. The van der Waals surface area contributed by atoms with E-state index in [-0.39, 0.29) is 0 Å². The first-order valence-electron chi connectivity index (χ1n) is 6.12. The van der Waals surface area contributed by atoms with Crippen molar-refractivity contribution in [3.05, 3.63) is 11.4 Å². The predicted molar refractivity (Wildman–Crippen MR) is 67.5 cm³/mol. The summed E-state index contributed by atoms with van der Waals surface area (Å²) < 4.78 is 5.99. The summed E-state index contributed by atoms with van der Waals surface area (Å²) in [6.45, 7) is 4.51. The maximum absolute atomic E-state index is 5.99. The Hall–Kier alpha value is -0.740. The minimum Gasteiger partial charge on any atom is -0.476 e. The number of rotatable bonds is 2. The topological polar surface area (TPSA) is 24.5 Å². The summed E-state index contributed by atoms with van der Waals surface area (Å²) in [6.07, 6.45) is 4.42. The Kier molecular flexibility index (Phi) is 3.02. The third-order valence-corrected chi connectivity index (χ3v) is 4.14. The summed E-state index contributed by atoms with van der Waals surface area (Å²) in [5.41, 5.74) is 1.17. The molecular weight excluding hydrogens is 220 g/mol. The Labute approximate surface area is 100 Å². The highest BCUT2D eigenvalue weighted by Gasteiger charge is 2.23. The molecule has 3 rings (SSSR count). The van der Waals surface area contributed by atoms with Gasteiger partial charge in [-0.2, -0.15) is 0 Å². The molecule has 4 heteroatoms. The summed E-state index contributed by atoms with van der Waals surface area (Å²) in [5, 5.41) is 6.59. The highest BCUT2D eigenvalue weighted by atomic mass is 32.1. The van der Waals surface area contributed by atoms with Crippen LogP contribution >= 0.6 is 11.3 Å². The molecule has 0 aromatic carbocycles. The van der Waals surface area contributed by atoms with Gasteiger partial charge in [0.2, 0.25) is 0 Å². The van der Waals surface area contributed by atoms with Crippen LogP contribution in [0, 0.1) is 0 Å². The average molecular weight is 238 g/mol. The molecule has 0 amide bonds. The fourth-order valence-electron chi connectivity index (χ4n) is 2.47. The summed E-state index contributed by atoms with van der Waals surface area (Å²) in [5.74, 6) is 0. The van der Waals surface area contributed by atoms with E-state index in [2.05, 4.69) is 21.7 Å². The van der Waals surface area contributed by atoms with Gasteiger partial charge in [-0.1, -0.05) is 6.42 Å². The summed E-state index contributed by atoms with van der Waals surface area (Å²) in [4.78, 5) is 2.54. The number of thiophene rings is 1. The van der Waals surface area contributed by atoms with E-state index in [0.717, 1.165) is 18.2 Å². The van der Waals surface area contributed by atoms with E-state index in [1.165, 1.54) is 38.0 Å². The number of fused-ring (bicyclic) bond motifs is 1. The number of likely N-dealkylation sites (tertiary alicyclic amines) is 1. The van der Waals surface area contributed by atoms with Crippen molar-refractivity contribution < 1.29 is 4.74 Å². The average Bonchev–Trinajstić information content (AvgIpc) is 2.77. The first-order chi connectivity index (χ1) is 7.92. The van der Waals surface area contributed by atoms with Crippen LogP contribution in [0.4, 0.5) is 5.69 Å². The molecule has 0 saturated carbocycles. The third-order valence-electron chi connectivity index (χ3n) is 3.33. The molecule has 2 aliphatic rings. The number of ether oxygens (including phenoxy) is 1. The number of hydrogen-bond acceptors (Lipinski definition) is 4. The number of anilines is 1. The van der Waals surface area contributed by atoms with Crippen LogP contribution in [0.3, 0.4) is 0 Å². The molecule has 88 valence electrons. The Bertz CT molecular complexity index is 347. The Morgan fingerprint density at radius 3 is 3.12 bits per heavy atom. The van der Waals surface area contributed by atoms with Crippen LogP contribution in [0.1, 0.15) is 19.3 Å². The van der Waals surface area contributed by atoms with Gasteiger partial charge >= 0.3 is 0 Å². The molecular formula is C12H18N2OS. The standard InChI is InChI=1S/C12H18N2OS/c1-2-5-14(6-3-1)9-10-8-13-11-4-7-16-12(11)15-10/h4,7,10,13H,1-3,5-6,8-9H2. The monoisotopic (exact) mass is 238 g/mol. The minimum atomic E-state index is 0.323. The molecule has 1 aromatic heterocycles. The molecule has 2 aliphatic heterocycles. The summed E-state index contributed by atoms with van der Waals surface area (Å²) >= 11 is 1.69. The second kappa shape index (κ2) is 4.63. The maximum Gasteiger partial charge on any atom is 0.197 e. The van der Waals surface area contributed by atoms with E-state index < -0.39 is 0 Å².